The number of carbonyl (C=O) groups is 2. The van der Waals surface area contributed by atoms with Gasteiger partial charge in [0.05, 0.1) is 6.54 Å². The van der Waals surface area contributed by atoms with Crippen LogP contribution in [-0.4, -0.2) is 65.3 Å². The molecule has 3 atom stereocenters. The van der Waals surface area contributed by atoms with Crippen molar-refractivity contribution in [2.24, 2.45) is 0 Å². The van der Waals surface area contributed by atoms with Crippen molar-refractivity contribution in [2.45, 2.75) is 38.4 Å². The highest BCUT2D eigenvalue weighted by Crippen LogP contribution is 2.34. The van der Waals surface area contributed by atoms with Gasteiger partial charge in [-0.25, -0.2) is 9.18 Å². The Morgan fingerprint density at radius 2 is 1.94 bits per heavy atom. The molecule has 32 heavy (non-hydrogen) atoms. The van der Waals surface area contributed by atoms with Crippen LogP contribution in [0.4, 0.5) is 14.9 Å². The minimum atomic E-state index is -0.543. The molecule has 168 valence electrons. The van der Waals surface area contributed by atoms with E-state index >= 15 is 0 Å². The molecule has 3 aliphatic rings. The molecule has 2 aromatic rings. The number of amides is 3. The normalized spacial score (nSPS) is 25.9. The molecule has 0 spiro atoms. The number of halogens is 2. The maximum atomic E-state index is 14.2. The van der Waals surface area contributed by atoms with Crippen LogP contribution >= 0.6 is 11.6 Å². The minimum absolute atomic E-state index is 0.0896. The number of aryl methyl sites for hydroxylation is 1. The number of imide groups is 1. The van der Waals surface area contributed by atoms with Crippen LogP contribution in [0.2, 0.25) is 5.02 Å². The highest BCUT2D eigenvalue weighted by molar-refractivity contribution is 6.31. The number of carbonyl (C=O) groups excluding carboxylic acids is 2. The lowest BCUT2D eigenvalue weighted by molar-refractivity contribution is -0.139. The molecular weight excluding hydrogens is 433 g/mol. The second kappa shape index (κ2) is 8.03. The lowest BCUT2D eigenvalue weighted by atomic mass is 10.1. The molecule has 5 rings (SSSR count). The summed E-state index contributed by atoms with van der Waals surface area (Å²) in [4.78, 5) is 33.5. The summed E-state index contributed by atoms with van der Waals surface area (Å²) in [5, 5.41) is 4.17. The Bertz CT molecular complexity index is 1080. The van der Waals surface area contributed by atoms with Gasteiger partial charge in [-0.15, -0.1) is 0 Å². The van der Waals surface area contributed by atoms with Crippen LogP contribution in [-0.2, 0) is 11.3 Å². The average molecular weight is 458 g/mol. The number of rotatable bonds is 3. The zero-order valence-corrected chi connectivity index (χ0v) is 18.7. The molecule has 3 fully saturated rings. The number of benzene rings is 2. The fraction of sp³-hybridized carbons (Fsp3) is 0.391. The molecule has 9 heteroatoms. The van der Waals surface area contributed by atoms with Gasteiger partial charge in [-0.2, -0.15) is 0 Å². The Hall–Kier alpha value is -2.68. The third-order valence-corrected chi connectivity index (χ3v) is 7.05. The van der Waals surface area contributed by atoms with E-state index in [1.165, 1.54) is 6.07 Å². The number of anilines is 1. The van der Waals surface area contributed by atoms with Crippen molar-refractivity contribution in [1.82, 2.24) is 20.0 Å². The van der Waals surface area contributed by atoms with Gasteiger partial charge < -0.3 is 9.80 Å². The number of likely N-dealkylation sites (N-methyl/N-ethyl adjacent to an activating group) is 1. The van der Waals surface area contributed by atoms with E-state index in [-0.39, 0.29) is 18.7 Å². The van der Waals surface area contributed by atoms with Crippen LogP contribution in [0.15, 0.2) is 42.5 Å². The molecule has 0 bridgehead atoms. The lowest BCUT2D eigenvalue weighted by Gasteiger charge is -2.44. The maximum absolute atomic E-state index is 14.2. The van der Waals surface area contributed by atoms with E-state index < -0.39 is 24.1 Å². The summed E-state index contributed by atoms with van der Waals surface area (Å²) >= 11 is 6.37. The molecule has 1 N–H and O–H groups in total. The number of fused-ring (bicyclic) bond motifs is 3. The van der Waals surface area contributed by atoms with Gasteiger partial charge in [0.25, 0.3) is 5.91 Å². The van der Waals surface area contributed by atoms with E-state index in [0.29, 0.717) is 10.6 Å². The smallest absolute Gasteiger partial charge is 0.328 e. The molecule has 0 aromatic heterocycles. The zero-order valence-electron chi connectivity index (χ0n) is 18.0. The third-order valence-electron chi connectivity index (χ3n) is 6.64. The Labute approximate surface area is 191 Å². The van der Waals surface area contributed by atoms with Crippen molar-refractivity contribution in [3.63, 3.8) is 0 Å². The molecule has 3 heterocycles. The summed E-state index contributed by atoms with van der Waals surface area (Å²) in [7, 11) is 1.68. The molecule has 3 amide bonds. The van der Waals surface area contributed by atoms with E-state index in [1.807, 2.05) is 25.1 Å². The summed E-state index contributed by atoms with van der Waals surface area (Å²) in [5.41, 5.74) is 2.28. The van der Waals surface area contributed by atoms with Gasteiger partial charge in [0.2, 0.25) is 0 Å². The summed E-state index contributed by atoms with van der Waals surface area (Å²) in [6.45, 7) is 3.39. The van der Waals surface area contributed by atoms with Crippen LogP contribution < -0.4 is 10.2 Å². The molecule has 2 aromatic carbocycles. The van der Waals surface area contributed by atoms with Crippen LogP contribution in [0.1, 0.15) is 17.5 Å². The quantitative estimate of drug-likeness (QED) is 0.768. The van der Waals surface area contributed by atoms with E-state index in [9.17, 15) is 14.0 Å². The van der Waals surface area contributed by atoms with Gasteiger partial charge >= 0.3 is 6.03 Å². The van der Waals surface area contributed by atoms with Crippen molar-refractivity contribution in [1.29, 1.82) is 0 Å². The first-order valence-electron chi connectivity index (χ1n) is 10.7. The highest BCUT2D eigenvalue weighted by Gasteiger charge is 2.56. The highest BCUT2D eigenvalue weighted by atomic mass is 35.5. The largest absolute Gasteiger partial charge is 0.343 e. The van der Waals surface area contributed by atoms with E-state index in [4.69, 9.17) is 11.6 Å². The number of hydrogen-bond acceptors (Lipinski definition) is 5. The topological polar surface area (TPSA) is 59.1 Å². The molecule has 0 aliphatic carbocycles. The van der Waals surface area contributed by atoms with Gasteiger partial charge in [-0.05, 0) is 37.1 Å². The first-order chi connectivity index (χ1) is 15.4. The zero-order chi connectivity index (χ0) is 22.6. The molecule has 0 saturated carbocycles. The second-order valence-corrected chi connectivity index (χ2v) is 8.96. The predicted octanol–water partition coefficient (Wildman–Crippen LogP) is 2.98. The van der Waals surface area contributed by atoms with Crippen LogP contribution in [0, 0.1) is 12.7 Å². The summed E-state index contributed by atoms with van der Waals surface area (Å²) < 4.78 is 14.2. The third kappa shape index (κ3) is 3.34. The number of hydrogen-bond donors (Lipinski definition) is 1. The van der Waals surface area contributed by atoms with Crippen molar-refractivity contribution in [2.75, 3.05) is 25.0 Å². The Morgan fingerprint density at radius 1 is 1.16 bits per heavy atom. The van der Waals surface area contributed by atoms with Gasteiger partial charge in [-0.1, -0.05) is 35.9 Å². The first kappa shape index (κ1) is 21.2. The van der Waals surface area contributed by atoms with Crippen molar-refractivity contribution in [3.8, 4) is 0 Å². The van der Waals surface area contributed by atoms with Gasteiger partial charge in [0, 0.05) is 36.4 Å². The van der Waals surface area contributed by atoms with Crippen molar-refractivity contribution in [3.05, 3.63) is 64.4 Å². The lowest BCUT2D eigenvalue weighted by Crippen LogP contribution is -2.66. The number of urea groups is 1. The molecule has 3 unspecified atom stereocenters. The van der Waals surface area contributed by atoms with Crippen LogP contribution in [0.5, 0.6) is 0 Å². The SMILES string of the molecule is Cc1ccc(N2CCCN3C4C(=O)N(Cc5ccccc5F)C(=O)N(C)C4NC23)cc1Cl. The standard InChI is InChI=1S/C23H25ClFN5O2/c1-14-8-9-16(12-17(14)24)28-10-5-11-29-19-20(26-22(28)29)27(2)23(32)30(21(19)31)13-15-6-3-4-7-18(15)25/h3-4,6-9,12,19-20,22,26H,5,10-11,13H2,1-2H3. The van der Waals surface area contributed by atoms with E-state index in [0.717, 1.165) is 35.7 Å². The molecule has 3 saturated heterocycles. The van der Waals surface area contributed by atoms with E-state index in [2.05, 4.69) is 15.1 Å². The monoisotopic (exact) mass is 457 g/mol. The molecule has 0 radical (unpaired) electrons. The average Bonchev–Trinajstić information content (AvgIpc) is 3.18. The molecule has 7 nitrogen and oxygen atoms in total. The summed E-state index contributed by atoms with van der Waals surface area (Å²) in [6.07, 6.45) is 0.161. The van der Waals surface area contributed by atoms with E-state index in [1.54, 1.807) is 30.1 Å². The Morgan fingerprint density at radius 3 is 2.69 bits per heavy atom. The van der Waals surface area contributed by atoms with Gasteiger partial charge in [-0.3, -0.25) is 19.9 Å². The van der Waals surface area contributed by atoms with Crippen LogP contribution in [0.25, 0.3) is 0 Å². The second-order valence-electron chi connectivity index (χ2n) is 8.56. The Kier molecular flexibility index (Phi) is 5.31. The van der Waals surface area contributed by atoms with Crippen molar-refractivity contribution >= 4 is 29.2 Å². The molecule has 3 aliphatic heterocycles. The summed E-state index contributed by atoms with van der Waals surface area (Å²) in [5.74, 6) is -0.735. The predicted molar refractivity (Wildman–Crippen MR) is 119 cm³/mol. The van der Waals surface area contributed by atoms with Crippen LogP contribution in [0.3, 0.4) is 0 Å². The fourth-order valence-corrected chi connectivity index (χ4v) is 5.06. The Balaban J connectivity index is 1.45. The first-order valence-corrected chi connectivity index (χ1v) is 11.1. The van der Waals surface area contributed by atoms with Gasteiger partial charge in [0.15, 0.2) is 0 Å². The minimum Gasteiger partial charge on any atom is -0.343 e. The summed E-state index contributed by atoms with van der Waals surface area (Å²) in [6, 6.07) is 11.2. The maximum Gasteiger partial charge on any atom is 0.328 e. The fourth-order valence-electron chi connectivity index (χ4n) is 4.89. The number of nitrogens with one attached hydrogen (secondary N) is 1. The molecular formula is C23H25ClFN5O2. The van der Waals surface area contributed by atoms with Gasteiger partial charge in [0.1, 0.15) is 24.3 Å². The van der Waals surface area contributed by atoms with Crippen molar-refractivity contribution < 1.29 is 14.0 Å². The number of nitrogens with zero attached hydrogens (tertiary/aromatic N) is 4.